The zero-order valence-electron chi connectivity index (χ0n) is 9.42. The van der Waals surface area contributed by atoms with Crippen LogP contribution in [0.4, 0.5) is 0 Å². The highest BCUT2D eigenvalue weighted by Crippen LogP contribution is 2.18. The Labute approximate surface area is 87.0 Å². The average Bonchev–Trinajstić information content (AvgIpc) is 2.69. The summed E-state index contributed by atoms with van der Waals surface area (Å²) in [7, 11) is 0. The molecule has 2 nitrogen and oxygen atoms in total. The highest BCUT2D eigenvalue weighted by atomic mass is 16.5. The van der Waals surface area contributed by atoms with Crippen molar-refractivity contribution in [3.8, 4) is 0 Å². The topological polar surface area (TPSA) is 26.3 Å². The Kier molecular flexibility index (Phi) is 5.16. The van der Waals surface area contributed by atoms with Crippen LogP contribution >= 0.6 is 0 Å². The lowest BCUT2D eigenvalue weighted by Crippen LogP contribution is -2.11. The van der Waals surface area contributed by atoms with Crippen molar-refractivity contribution in [2.45, 2.75) is 58.5 Å². The molecule has 82 valence electrons. The fourth-order valence-electron chi connectivity index (χ4n) is 1.85. The van der Waals surface area contributed by atoms with Gasteiger partial charge in [0.05, 0.1) is 6.10 Å². The third-order valence-electron chi connectivity index (χ3n) is 3.14. The van der Waals surface area contributed by atoms with Gasteiger partial charge in [0.2, 0.25) is 0 Å². The summed E-state index contributed by atoms with van der Waals surface area (Å²) < 4.78 is 5.51. The molecule has 0 spiro atoms. The highest BCUT2D eigenvalue weighted by Gasteiger charge is 2.16. The second kappa shape index (κ2) is 6.18. The summed E-state index contributed by atoms with van der Waals surface area (Å²) in [6.07, 6.45) is 6.63. The van der Waals surface area contributed by atoms with Gasteiger partial charge in [-0.1, -0.05) is 13.8 Å². The second-order valence-electron chi connectivity index (χ2n) is 4.30. The number of hydrogen-bond acceptors (Lipinski definition) is 2. The number of carbonyl (C=O) groups is 1. The highest BCUT2D eigenvalue weighted by molar-refractivity contribution is 5.80. The summed E-state index contributed by atoms with van der Waals surface area (Å²) in [6.45, 7) is 5.01. The second-order valence-corrected chi connectivity index (χ2v) is 4.30. The molecule has 0 aromatic rings. The van der Waals surface area contributed by atoms with Crippen molar-refractivity contribution in [3.63, 3.8) is 0 Å². The molecule has 1 heterocycles. The van der Waals surface area contributed by atoms with Crippen LogP contribution in [0.15, 0.2) is 0 Å². The SMILES string of the molecule is CCC(C)C(=O)CCCC1CCCO1. The lowest BCUT2D eigenvalue weighted by atomic mass is 9.98. The van der Waals surface area contributed by atoms with Gasteiger partial charge >= 0.3 is 0 Å². The van der Waals surface area contributed by atoms with Gasteiger partial charge in [-0.2, -0.15) is 0 Å². The van der Waals surface area contributed by atoms with E-state index in [1.165, 1.54) is 12.8 Å². The first-order chi connectivity index (χ1) is 6.74. The molecular weight excluding hydrogens is 176 g/mol. The van der Waals surface area contributed by atoms with Crippen molar-refractivity contribution in [2.75, 3.05) is 6.61 Å². The van der Waals surface area contributed by atoms with Crippen LogP contribution < -0.4 is 0 Å². The first-order valence-corrected chi connectivity index (χ1v) is 5.88. The van der Waals surface area contributed by atoms with Crippen LogP contribution in [0.2, 0.25) is 0 Å². The van der Waals surface area contributed by atoms with Crippen molar-refractivity contribution in [3.05, 3.63) is 0 Å². The van der Waals surface area contributed by atoms with E-state index < -0.39 is 0 Å². The normalized spacial score (nSPS) is 23.7. The number of Topliss-reactive ketones (excluding diaryl/α,β-unsaturated/α-hetero) is 1. The van der Waals surface area contributed by atoms with E-state index in [9.17, 15) is 4.79 Å². The van der Waals surface area contributed by atoms with Gasteiger partial charge in [0.1, 0.15) is 5.78 Å². The molecule has 1 saturated heterocycles. The van der Waals surface area contributed by atoms with Gasteiger partial charge < -0.3 is 4.74 Å². The summed E-state index contributed by atoms with van der Waals surface area (Å²) >= 11 is 0. The lowest BCUT2D eigenvalue weighted by Gasteiger charge is -2.10. The molecule has 1 rings (SSSR count). The maximum absolute atomic E-state index is 11.5. The van der Waals surface area contributed by atoms with E-state index in [0.717, 1.165) is 32.3 Å². The van der Waals surface area contributed by atoms with E-state index in [1.54, 1.807) is 0 Å². The average molecular weight is 198 g/mol. The number of hydrogen-bond donors (Lipinski definition) is 0. The van der Waals surface area contributed by atoms with Crippen LogP contribution in [-0.2, 0) is 9.53 Å². The molecule has 0 aromatic carbocycles. The Hall–Kier alpha value is -0.370. The zero-order valence-corrected chi connectivity index (χ0v) is 9.42. The number of ether oxygens (including phenoxy) is 1. The van der Waals surface area contributed by atoms with Crippen LogP contribution in [-0.4, -0.2) is 18.5 Å². The fraction of sp³-hybridized carbons (Fsp3) is 0.917. The quantitative estimate of drug-likeness (QED) is 0.656. The first kappa shape index (κ1) is 11.7. The molecule has 14 heavy (non-hydrogen) atoms. The van der Waals surface area contributed by atoms with Crippen molar-refractivity contribution in [2.24, 2.45) is 5.92 Å². The van der Waals surface area contributed by atoms with Crippen LogP contribution in [0.1, 0.15) is 52.4 Å². The lowest BCUT2D eigenvalue weighted by molar-refractivity contribution is -0.122. The predicted octanol–water partition coefficient (Wildman–Crippen LogP) is 2.95. The monoisotopic (exact) mass is 198 g/mol. The smallest absolute Gasteiger partial charge is 0.135 e. The number of rotatable bonds is 6. The molecule has 0 aromatic heterocycles. The summed E-state index contributed by atoms with van der Waals surface area (Å²) in [6, 6.07) is 0. The maximum Gasteiger partial charge on any atom is 0.135 e. The minimum absolute atomic E-state index is 0.250. The Morgan fingerprint density at radius 3 is 2.93 bits per heavy atom. The van der Waals surface area contributed by atoms with Gasteiger partial charge in [-0.05, 0) is 32.1 Å². The standard InChI is InChI=1S/C12H22O2/c1-3-10(2)12(13)8-4-6-11-7-5-9-14-11/h10-11H,3-9H2,1-2H3. The van der Waals surface area contributed by atoms with Gasteiger partial charge in [0.25, 0.3) is 0 Å². The third-order valence-corrected chi connectivity index (χ3v) is 3.14. The Morgan fingerprint density at radius 2 is 2.36 bits per heavy atom. The van der Waals surface area contributed by atoms with E-state index in [2.05, 4.69) is 6.92 Å². The van der Waals surface area contributed by atoms with E-state index in [-0.39, 0.29) is 5.92 Å². The molecule has 1 fully saturated rings. The summed E-state index contributed by atoms with van der Waals surface area (Å²) in [5, 5.41) is 0. The Balaban J connectivity index is 2.05. The maximum atomic E-state index is 11.5. The van der Waals surface area contributed by atoms with E-state index in [0.29, 0.717) is 11.9 Å². The Morgan fingerprint density at radius 1 is 1.57 bits per heavy atom. The molecule has 0 radical (unpaired) electrons. The summed E-state index contributed by atoms with van der Waals surface area (Å²) in [5.41, 5.74) is 0. The fourth-order valence-corrected chi connectivity index (χ4v) is 1.85. The van der Waals surface area contributed by atoms with Crippen LogP contribution in [0.3, 0.4) is 0 Å². The van der Waals surface area contributed by atoms with Gasteiger partial charge in [-0.15, -0.1) is 0 Å². The van der Waals surface area contributed by atoms with Crippen LogP contribution in [0.5, 0.6) is 0 Å². The van der Waals surface area contributed by atoms with Gasteiger partial charge in [-0.3, -0.25) is 4.79 Å². The zero-order chi connectivity index (χ0) is 10.4. The van der Waals surface area contributed by atoms with Gasteiger partial charge in [0, 0.05) is 18.9 Å². The van der Waals surface area contributed by atoms with E-state index in [4.69, 9.17) is 4.74 Å². The molecule has 0 amide bonds. The molecule has 0 bridgehead atoms. The van der Waals surface area contributed by atoms with Gasteiger partial charge in [-0.25, -0.2) is 0 Å². The Bertz CT molecular complexity index is 171. The molecule has 1 aliphatic heterocycles. The molecule has 1 aliphatic rings. The molecule has 0 aliphatic carbocycles. The summed E-state index contributed by atoms with van der Waals surface area (Å²) in [5.74, 6) is 0.671. The van der Waals surface area contributed by atoms with Crippen molar-refractivity contribution >= 4 is 5.78 Å². The van der Waals surface area contributed by atoms with E-state index >= 15 is 0 Å². The molecular formula is C12H22O2. The first-order valence-electron chi connectivity index (χ1n) is 5.88. The third kappa shape index (κ3) is 3.79. The minimum atomic E-state index is 0.250. The van der Waals surface area contributed by atoms with Crippen molar-refractivity contribution in [1.29, 1.82) is 0 Å². The minimum Gasteiger partial charge on any atom is -0.378 e. The predicted molar refractivity (Wildman–Crippen MR) is 57.3 cm³/mol. The largest absolute Gasteiger partial charge is 0.378 e. The van der Waals surface area contributed by atoms with Crippen molar-refractivity contribution in [1.82, 2.24) is 0 Å². The molecule has 0 saturated carbocycles. The number of ketones is 1. The number of carbonyl (C=O) groups excluding carboxylic acids is 1. The van der Waals surface area contributed by atoms with Crippen molar-refractivity contribution < 1.29 is 9.53 Å². The summed E-state index contributed by atoms with van der Waals surface area (Å²) in [4.78, 5) is 11.5. The molecule has 2 unspecified atom stereocenters. The molecule has 2 atom stereocenters. The van der Waals surface area contributed by atoms with E-state index in [1.807, 2.05) is 6.92 Å². The van der Waals surface area contributed by atoms with Crippen LogP contribution in [0.25, 0.3) is 0 Å². The van der Waals surface area contributed by atoms with Crippen LogP contribution in [0, 0.1) is 5.92 Å². The molecule has 2 heteroatoms. The van der Waals surface area contributed by atoms with Gasteiger partial charge in [0.15, 0.2) is 0 Å². The molecule has 0 N–H and O–H groups in total.